The fourth-order valence-electron chi connectivity index (χ4n) is 3.95. The summed E-state index contributed by atoms with van der Waals surface area (Å²) in [6.07, 6.45) is 1.09. The summed E-state index contributed by atoms with van der Waals surface area (Å²) in [4.78, 5) is 8.58. The summed E-state index contributed by atoms with van der Waals surface area (Å²) in [6.45, 7) is 7.63. The van der Waals surface area contributed by atoms with E-state index in [1.54, 1.807) is 7.11 Å². The van der Waals surface area contributed by atoms with Crippen LogP contribution in [0.1, 0.15) is 11.3 Å². The van der Waals surface area contributed by atoms with Gasteiger partial charge < -0.3 is 14.6 Å². The molecular weight excluding hydrogens is 346 g/mol. The van der Waals surface area contributed by atoms with Crippen LogP contribution >= 0.6 is 0 Å². The lowest BCUT2D eigenvalue weighted by molar-refractivity contribution is 0.261. The number of aromatic amines is 1. The quantitative estimate of drug-likeness (QED) is 0.694. The topological polar surface area (TPSA) is 31.5 Å². The third-order valence-corrected chi connectivity index (χ3v) is 5.70. The standard InChI is InChI=1S/C24H29N3O/c1-19-21(17-24(25-19)20-7-4-3-5-8-20)11-12-26-13-15-27(16-14-26)22-9-6-10-23(18-22)28-2/h3-10,17-18,25H,11-16H2,1-2H3. The maximum absolute atomic E-state index is 5.36. The number of piperazine rings is 1. The number of ether oxygens (including phenoxy) is 1. The SMILES string of the molecule is COc1cccc(N2CCN(CCc3cc(-c4ccccc4)[nH]c3C)CC2)c1. The summed E-state index contributed by atoms with van der Waals surface area (Å²) in [5.74, 6) is 0.928. The van der Waals surface area contributed by atoms with E-state index in [4.69, 9.17) is 4.74 Å². The number of hydrogen-bond acceptors (Lipinski definition) is 3. The van der Waals surface area contributed by atoms with Crippen LogP contribution in [0.3, 0.4) is 0 Å². The molecule has 1 N–H and O–H groups in total. The number of nitrogens with one attached hydrogen (secondary N) is 1. The highest BCUT2D eigenvalue weighted by Gasteiger charge is 2.18. The predicted octanol–water partition coefficient (Wildman–Crippen LogP) is 4.36. The van der Waals surface area contributed by atoms with Crippen LogP contribution in [-0.2, 0) is 6.42 Å². The van der Waals surface area contributed by atoms with Crippen LogP contribution < -0.4 is 9.64 Å². The van der Waals surface area contributed by atoms with Gasteiger partial charge in [-0.2, -0.15) is 0 Å². The summed E-state index contributed by atoms with van der Waals surface area (Å²) in [6, 6.07) is 21.3. The van der Waals surface area contributed by atoms with Crippen LogP contribution in [0.5, 0.6) is 5.75 Å². The van der Waals surface area contributed by atoms with Gasteiger partial charge in [0.25, 0.3) is 0 Å². The molecule has 0 amide bonds. The van der Waals surface area contributed by atoms with Gasteiger partial charge in [-0.3, -0.25) is 4.90 Å². The first-order valence-corrected chi connectivity index (χ1v) is 10.1. The average molecular weight is 376 g/mol. The number of aryl methyl sites for hydroxylation is 1. The number of methoxy groups -OCH3 is 1. The fourth-order valence-corrected chi connectivity index (χ4v) is 3.95. The van der Waals surface area contributed by atoms with E-state index in [9.17, 15) is 0 Å². The Morgan fingerprint density at radius 2 is 1.71 bits per heavy atom. The summed E-state index contributed by atoms with van der Waals surface area (Å²) in [5, 5.41) is 0. The minimum absolute atomic E-state index is 0.928. The molecule has 4 heteroatoms. The smallest absolute Gasteiger partial charge is 0.120 e. The lowest BCUT2D eigenvalue weighted by Gasteiger charge is -2.36. The van der Waals surface area contributed by atoms with Crippen molar-refractivity contribution in [1.82, 2.24) is 9.88 Å². The van der Waals surface area contributed by atoms with Crippen molar-refractivity contribution in [2.24, 2.45) is 0 Å². The van der Waals surface area contributed by atoms with E-state index < -0.39 is 0 Å². The summed E-state index contributed by atoms with van der Waals surface area (Å²) in [7, 11) is 1.73. The number of rotatable bonds is 6. The van der Waals surface area contributed by atoms with Crippen LogP contribution in [0, 0.1) is 6.92 Å². The van der Waals surface area contributed by atoms with Crippen molar-refractivity contribution >= 4 is 5.69 Å². The zero-order chi connectivity index (χ0) is 19.3. The number of benzene rings is 2. The summed E-state index contributed by atoms with van der Waals surface area (Å²) in [5.41, 5.74) is 6.44. The molecule has 1 aromatic heterocycles. The molecule has 4 rings (SSSR count). The molecule has 0 atom stereocenters. The molecule has 1 aliphatic rings. The second kappa shape index (κ2) is 8.53. The Morgan fingerprint density at radius 3 is 2.46 bits per heavy atom. The second-order valence-corrected chi connectivity index (χ2v) is 7.48. The van der Waals surface area contributed by atoms with Crippen molar-refractivity contribution in [1.29, 1.82) is 0 Å². The minimum Gasteiger partial charge on any atom is -0.497 e. The molecule has 0 bridgehead atoms. The third kappa shape index (κ3) is 4.23. The van der Waals surface area contributed by atoms with Crippen LogP contribution in [-0.4, -0.2) is 49.7 Å². The molecule has 2 heterocycles. The average Bonchev–Trinajstić information content (AvgIpc) is 3.14. The molecule has 4 nitrogen and oxygen atoms in total. The van der Waals surface area contributed by atoms with Gasteiger partial charge in [-0.25, -0.2) is 0 Å². The van der Waals surface area contributed by atoms with E-state index in [0.717, 1.165) is 44.9 Å². The first kappa shape index (κ1) is 18.6. The van der Waals surface area contributed by atoms with Gasteiger partial charge in [-0.05, 0) is 42.7 Å². The third-order valence-electron chi connectivity index (χ3n) is 5.70. The molecule has 0 spiro atoms. The normalized spacial score (nSPS) is 15.0. The van der Waals surface area contributed by atoms with Crippen molar-refractivity contribution < 1.29 is 4.74 Å². The Balaban J connectivity index is 1.32. The van der Waals surface area contributed by atoms with Crippen LogP contribution in [0.2, 0.25) is 0 Å². The van der Waals surface area contributed by atoms with Crippen molar-refractivity contribution in [3.8, 4) is 17.0 Å². The Labute approximate surface area is 167 Å². The lowest BCUT2D eigenvalue weighted by atomic mass is 10.1. The fraction of sp³-hybridized carbons (Fsp3) is 0.333. The van der Waals surface area contributed by atoms with Gasteiger partial charge in [-0.15, -0.1) is 0 Å². The second-order valence-electron chi connectivity index (χ2n) is 7.48. The lowest BCUT2D eigenvalue weighted by Crippen LogP contribution is -2.47. The van der Waals surface area contributed by atoms with Gasteiger partial charge in [0, 0.05) is 55.9 Å². The van der Waals surface area contributed by atoms with E-state index in [2.05, 4.69) is 76.3 Å². The van der Waals surface area contributed by atoms with E-state index in [1.165, 1.54) is 28.2 Å². The zero-order valence-corrected chi connectivity index (χ0v) is 16.8. The van der Waals surface area contributed by atoms with Gasteiger partial charge >= 0.3 is 0 Å². The van der Waals surface area contributed by atoms with Gasteiger partial charge in [0.2, 0.25) is 0 Å². The van der Waals surface area contributed by atoms with Crippen molar-refractivity contribution in [2.75, 3.05) is 44.7 Å². The maximum Gasteiger partial charge on any atom is 0.120 e. The van der Waals surface area contributed by atoms with Gasteiger partial charge in [0.1, 0.15) is 5.75 Å². The highest BCUT2D eigenvalue weighted by atomic mass is 16.5. The minimum atomic E-state index is 0.928. The predicted molar refractivity (Wildman–Crippen MR) is 116 cm³/mol. The van der Waals surface area contributed by atoms with Gasteiger partial charge in [0.15, 0.2) is 0 Å². The van der Waals surface area contributed by atoms with Crippen molar-refractivity contribution in [2.45, 2.75) is 13.3 Å². The summed E-state index contributed by atoms with van der Waals surface area (Å²) < 4.78 is 5.36. The Bertz CT molecular complexity index is 895. The highest BCUT2D eigenvalue weighted by Crippen LogP contribution is 2.24. The number of nitrogens with zero attached hydrogens (tertiary/aromatic N) is 2. The largest absolute Gasteiger partial charge is 0.497 e. The van der Waals surface area contributed by atoms with Crippen LogP contribution in [0.4, 0.5) is 5.69 Å². The number of anilines is 1. The monoisotopic (exact) mass is 375 g/mol. The van der Waals surface area contributed by atoms with Crippen molar-refractivity contribution in [3.63, 3.8) is 0 Å². The van der Waals surface area contributed by atoms with Gasteiger partial charge in [0.05, 0.1) is 7.11 Å². The molecule has 1 aliphatic heterocycles. The number of H-pyrrole nitrogens is 1. The van der Waals surface area contributed by atoms with Gasteiger partial charge in [-0.1, -0.05) is 36.4 Å². The van der Waals surface area contributed by atoms with E-state index in [-0.39, 0.29) is 0 Å². The molecule has 0 aliphatic carbocycles. The molecule has 2 aromatic carbocycles. The molecular formula is C24H29N3O. The molecule has 0 unspecified atom stereocenters. The summed E-state index contributed by atoms with van der Waals surface area (Å²) >= 11 is 0. The number of hydrogen-bond donors (Lipinski definition) is 1. The number of aromatic nitrogens is 1. The highest BCUT2D eigenvalue weighted by molar-refractivity contribution is 5.61. The Kier molecular flexibility index (Phi) is 5.68. The zero-order valence-electron chi connectivity index (χ0n) is 16.8. The Morgan fingerprint density at radius 1 is 0.929 bits per heavy atom. The molecule has 0 radical (unpaired) electrons. The molecule has 1 fully saturated rings. The van der Waals surface area contributed by atoms with Crippen LogP contribution in [0.15, 0.2) is 60.7 Å². The Hall–Kier alpha value is -2.72. The first-order chi connectivity index (χ1) is 13.7. The molecule has 3 aromatic rings. The van der Waals surface area contributed by atoms with Crippen LogP contribution in [0.25, 0.3) is 11.3 Å². The van der Waals surface area contributed by atoms with Crippen molar-refractivity contribution in [3.05, 3.63) is 71.9 Å². The molecule has 28 heavy (non-hydrogen) atoms. The first-order valence-electron chi connectivity index (χ1n) is 10.1. The van der Waals surface area contributed by atoms with E-state index in [1.807, 2.05) is 6.07 Å². The molecule has 146 valence electrons. The molecule has 1 saturated heterocycles. The van der Waals surface area contributed by atoms with E-state index >= 15 is 0 Å². The van der Waals surface area contributed by atoms with E-state index in [0.29, 0.717) is 0 Å². The maximum atomic E-state index is 5.36. The molecule has 0 saturated carbocycles.